The standard InChI is InChI=1S/C24H26N4O3/c29-22-8-7-21(23(30)27-22)28-14-18-6-3-16(9-20(18)24(28)31)11-25-10-15-1-4-17(5-2-15)19-12-26-13-19/h1-6,9,19,21,25-26H,7-8,10-14H2,(H,27,29,30). The summed E-state index contributed by atoms with van der Waals surface area (Å²) in [5.41, 5.74) is 5.24. The van der Waals surface area contributed by atoms with Crippen LogP contribution in [0.4, 0.5) is 0 Å². The number of benzene rings is 2. The molecule has 3 N–H and O–H groups in total. The van der Waals surface area contributed by atoms with E-state index in [9.17, 15) is 14.4 Å². The summed E-state index contributed by atoms with van der Waals surface area (Å²) >= 11 is 0. The minimum Gasteiger partial charge on any atom is -0.322 e. The van der Waals surface area contributed by atoms with Crippen LogP contribution in [-0.2, 0) is 29.2 Å². The Morgan fingerprint density at radius 3 is 2.42 bits per heavy atom. The van der Waals surface area contributed by atoms with Gasteiger partial charge in [0.05, 0.1) is 0 Å². The zero-order valence-electron chi connectivity index (χ0n) is 17.3. The van der Waals surface area contributed by atoms with E-state index in [2.05, 4.69) is 40.2 Å². The van der Waals surface area contributed by atoms with Crippen LogP contribution < -0.4 is 16.0 Å². The number of nitrogens with zero attached hydrogens (tertiary/aromatic N) is 1. The Morgan fingerprint density at radius 2 is 1.71 bits per heavy atom. The highest BCUT2D eigenvalue weighted by Gasteiger charge is 2.39. The lowest BCUT2D eigenvalue weighted by atomic mass is 9.93. The number of hydrogen-bond donors (Lipinski definition) is 3. The second-order valence-corrected chi connectivity index (χ2v) is 8.59. The molecule has 0 aromatic heterocycles. The maximum atomic E-state index is 12.9. The van der Waals surface area contributed by atoms with Crippen molar-refractivity contribution in [3.63, 3.8) is 0 Å². The minimum atomic E-state index is -0.571. The summed E-state index contributed by atoms with van der Waals surface area (Å²) in [6, 6.07) is 14.1. The topological polar surface area (TPSA) is 90.5 Å². The summed E-state index contributed by atoms with van der Waals surface area (Å²) in [6.45, 7) is 3.96. The van der Waals surface area contributed by atoms with Crippen molar-refractivity contribution < 1.29 is 14.4 Å². The summed E-state index contributed by atoms with van der Waals surface area (Å²) in [4.78, 5) is 38.1. The van der Waals surface area contributed by atoms with E-state index in [1.807, 2.05) is 18.2 Å². The molecule has 2 saturated heterocycles. The minimum absolute atomic E-state index is 0.132. The second-order valence-electron chi connectivity index (χ2n) is 8.59. The Hall–Kier alpha value is -3.03. The second kappa shape index (κ2) is 8.24. The highest BCUT2D eigenvalue weighted by atomic mass is 16.2. The fourth-order valence-electron chi connectivity index (χ4n) is 4.50. The van der Waals surface area contributed by atoms with E-state index in [1.54, 1.807) is 4.90 Å². The van der Waals surface area contributed by atoms with Crippen molar-refractivity contribution in [3.8, 4) is 0 Å². The Kier molecular flexibility index (Phi) is 5.29. The predicted octanol–water partition coefficient (Wildman–Crippen LogP) is 1.42. The molecule has 1 atom stereocenters. The highest BCUT2D eigenvalue weighted by Crippen LogP contribution is 2.28. The van der Waals surface area contributed by atoms with Gasteiger partial charge in [0.1, 0.15) is 6.04 Å². The molecule has 7 heteroatoms. The van der Waals surface area contributed by atoms with E-state index in [-0.39, 0.29) is 24.1 Å². The van der Waals surface area contributed by atoms with Crippen LogP contribution in [0.3, 0.4) is 0 Å². The lowest BCUT2D eigenvalue weighted by Gasteiger charge is -2.29. The molecule has 3 heterocycles. The summed E-state index contributed by atoms with van der Waals surface area (Å²) < 4.78 is 0. The third-order valence-corrected chi connectivity index (χ3v) is 6.48. The van der Waals surface area contributed by atoms with E-state index in [0.29, 0.717) is 31.0 Å². The molecule has 0 spiro atoms. The molecule has 0 aliphatic carbocycles. The van der Waals surface area contributed by atoms with Crippen LogP contribution in [0.1, 0.15) is 51.4 Å². The molecular weight excluding hydrogens is 392 g/mol. The average Bonchev–Trinajstić information content (AvgIpc) is 3.04. The van der Waals surface area contributed by atoms with Gasteiger partial charge in [0.15, 0.2) is 0 Å². The maximum Gasteiger partial charge on any atom is 0.255 e. The van der Waals surface area contributed by atoms with Gasteiger partial charge >= 0.3 is 0 Å². The first-order chi connectivity index (χ1) is 15.1. The molecule has 3 amide bonds. The Bertz CT molecular complexity index is 1030. The van der Waals surface area contributed by atoms with E-state index in [0.717, 1.165) is 30.8 Å². The van der Waals surface area contributed by atoms with E-state index in [1.165, 1.54) is 11.1 Å². The van der Waals surface area contributed by atoms with E-state index in [4.69, 9.17) is 0 Å². The number of fused-ring (bicyclic) bond motifs is 1. The molecule has 5 rings (SSSR count). The zero-order valence-corrected chi connectivity index (χ0v) is 17.3. The monoisotopic (exact) mass is 418 g/mol. The van der Waals surface area contributed by atoms with Gasteiger partial charge in [0.2, 0.25) is 11.8 Å². The van der Waals surface area contributed by atoms with Gasteiger partial charge < -0.3 is 15.5 Å². The highest BCUT2D eigenvalue weighted by molar-refractivity contribution is 6.05. The SMILES string of the molecule is O=C1CCC(N2Cc3ccc(CNCc4ccc(C5CNC5)cc4)cc3C2=O)C(=O)N1. The first kappa shape index (κ1) is 19.9. The number of hydrogen-bond acceptors (Lipinski definition) is 5. The number of imide groups is 1. The molecule has 7 nitrogen and oxygen atoms in total. The molecule has 0 radical (unpaired) electrons. The number of nitrogens with one attached hydrogen (secondary N) is 3. The number of carbonyl (C=O) groups is 3. The van der Waals surface area contributed by atoms with Crippen LogP contribution in [0.15, 0.2) is 42.5 Å². The summed E-state index contributed by atoms with van der Waals surface area (Å²) in [5.74, 6) is -0.134. The van der Waals surface area contributed by atoms with Gasteiger partial charge in [-0.15, -0.1) is 0 Å². The fraction of sp³-hybridized carbons (Fsp3) is 0.375. The Morgan fingerprint density at radius 1 is 0.968 bits per heavy atom. The van der Waals surface area contributed by atoms with Crippen LogP contribution in [-0.4, -0.2) is 41.8 Å². The van der Waals surface area contributed by atoms with Gasteiger partial charge in [-0.2, -0.15) is 0 Å². The van der Waals surface area contributed by atoms with Crippen molar-refractivity contribution in [1.82, 2.24) is 20.9 Å². The summed E-state index contributed by atoms with van der Waals surface area (Å²) in [6.07, 6.45) is 0.652. The molecule has 3 aliphatic heterocycles. The van der Waals surface area contributed by atoms with Crippen molar-refractivity contribution in [1.29, 1.82) is 0 Å². The van der Waals surface area contributed by atoms with E-state index >= 15 is 0 Å². The molecule has 0 bridgehead atoms. The molecule has 160 valence electrons. The number of carbonyl (C=O) groups excluding carboxylic acids is 3. The zero-order chi connectivity index (χ0) is 21.4. The first-order valence-electron chi connectivity index (χ1n) is 10.9. The van der Waals surface area contributed by atoms with E-state index < -0.39 is 6.04 Å². The van der Waals surface area contributed by atoms with Crippen LogP contribution in [0.25, 0.3) is 0 Å². The third kappa shape index (κ3) is 3.98. The molecule has 3 aliphatic rings. The number of rotatable bonds is 6. The summed E-state index contributed by atoms with van der Waals surface area (Å²) in [5, 5.41) is 9.09. The van der Waals surface area contributed by atoms with Gasteiger partial charge in [-0.05, 0) is 34.7 Å². The van der Waals surface area contributed by atoms with Gasteiger partial charge in [-0.3, -0.25) is 19.7 Å². The summed E-state index contributed by atoms with van der Waals surface area (Å²) in [7, 11) is 0. The van der Waals surface area contributed by atoms with Gasteiger partial charge in [-0.25, -0.2) is 0 Å². The quantitative estimate of drug-likeness (QED) is 0.618. The maximum absolute atomic E-state index is 12.9. The largest absolute Gasteiger partial charge is 0.322 e. The van der Waals surface area contributed by atoms with Gasteiger partial charge in [0, 0.05) is 50.6 Å². The third-order valence-electron chi connectivity index (χ3n) is 6.48. The molecule has 2 aromatic carbocycles. The lowest BCUT2D eigenvalue weighted by molar-refractivity contribution is -0.136. The first-order valence-corrected chi connectivity index (χ1v) is 10.9. The van der Waals surface area contributed by atoms with Crippen LogP contribution >= 0.6 is 0 Å². The van der Waals surface area contributed by atoms with Crippen LogP contribution in [0.5, 0.6) is 0 Å². The van der Waals surface area contributed by atoms with Crippen molar-refractivity contribution in [2.45, 2.75) is 44.4 Å². The van der Waals surface area contributed by atoms with Gasteiger partial charge in [-0.1, -0.05) is 36.4 Å². The smallest absolute Gasteiger partial charge is 0.255 e. The number of piperidine rings is 1. The van der Waals surface area contributed by atoms with Crippen LogP contribution in [0, 0.1) is 0 Å². The molecule has 31 heavy (non-hydrogen) atoms. The Balaban J connectivity index is 1.19. The molecule has 2 fully saturated rings. The fourth-order valence-corrected chi connectivity index (χ4v) is 4.50. The van der Waals surface area contributed by atoms with Crippen molar-refractivity contribution >= 4 is 17.7 Å². The lowest BCUT2D eigenvalue weighted by Crippen LogP contribution is -2.52. The van der Waals surface area contributed by atoms with Crippen molar-refractivity contribution in [3.05, 3.63) is 70.3 Å². The average molecular weight is 418 g/mol. The number of amides is 3. The molecular formula is C24H26N4O3. The van der Waals surface area contributed by atoms with Crippen molar-refractivity contribution in [2.24, 2.45) is 0 Å². The molecule has 0 saturated carbocycles. The van der Waals surface area contributed by atoms with Gasteiger partial charge in [0.25, 0.3) is 5.91 Å². The predicted molar refractivity (Wildman–Crippen MR) is 115 cm³/mol. The van der Waals surface area contributed by atoms with Crippen LogP contribution in [0.2, 0.25) is 0 Å². The normalized spacial score (nSPS) is 21.1. The molecule has 2 aromatic rings. The molecule has 1 unspecified atom stereocenters. The van der Waals surface area contributed by atoms with Crippen molar-refractivity contribution in [2.75, 3.05) is 13.1 Å². The Labute approximate surface area is 181 Å².